The van der Waals surface area contributed by atoms with Crippen molar-refractivity contribution in [3.05, 3.63) is 47.5 Å². The number of ether oxygens (including phenoxy) is 2. The Morgan fingerprint density at radius 2 is 2.00 bits per heavy atom. The molecule has 1 heterocycles. The summed E-state index contributed by atoms with van der Waals surface area (Å²) in [5.74, 6) is 1.15. The summed E-state index contributed by atoms with van der Waals surface area (Å²) < 4.78 is 53.6. The van der Waals surface area contributed by atoms with Crippen molar-refractivity contribution < 1.29 is 26.5 Å². The van der Waals surface area contributed by atoms with Gasteiger partial charge in [-0.2, -0.15) is 8.42 Å². The highest BCUT2D eigenvalue weighted by Crippen LogP contribution is 2.38. The molecule has 176 valence electrons. The summed E-state index contributed by atoms with van der Waals surface area (Å²) in [6.07, 6.45) is 3.82. The number of hydrogen-bond donors (Lipinski definition) is 1. The zero-order valence-electron chi connectivity index (χ0n) is 18.0. The van der Waals surface area contributed by atoms with E-state index < -0.39 is 22.2 Å². The van der Waals surface area contributed by atoms with Gasteiger partial charge in [0.25, 0.3) is 10.1 Å². The van der Waals surface area contributed by atoms with E-state index in [4.69, 9.17) is 25.3 Å². The molecule has 1 aromatic heterocycles. The quantitative estimate of drug-likeness (QED) is 0.308. The Bertz CT molecular complexity index is 1270. The first-order valence-corrected chi connectivity index (χ1v) is 12.6. The minimum Gasteiger partial charge on any atom is -0.489 e. The summed E-state index contributed by atoms with van der Waals surface area (Å²) in [6.45, 7) is 2.26. The van der Waals surface area contributed by atoms with Crippen LogP contribution in [0.2, 0.25) is 5.02 Å². The van der Waals surface area contributed by atoms with Gasteiger partial charge in [0, 0.05) is 23.6 Å². The fourth-order valence-electron chi connectivity index (χ4n) is 3.08. The van der Waals surface area contributed by atoms with Gasteiger partial charge in [-0.25, -0.2) is 18.5 Å². The molecular formula is C22H23ClFN3O5S. The van der Waals surface area contributed by atoms with Crippen LogP contribution in [0.3, 0.4) is 0 Å². The third kappa shape index (κ3) is 6.21. The van der Waals surface area contributed by atoms with Gasteiger partial charge in [-0.05, 0) is 43.0 Å². The first-order chi connectivity index (χ1) is 15.7. The molecule has 1 saturated carbocycles. The second kappa shape index (κ2) is 9.66. The van der Waals surface area contributed by atoms with Crippen molar-refractivity contribution in [3.63, 3.8) is 0 Å². The molecule has 0 radical (unpaired) electrons. The maximum atomic E-state index is 13.5. The van der Waals surface area contributed by atoms with Crippen LogP contribution in [0, 0.1) is 11.7 Å². The molecule has 1 unspecified atom stereocenters. The molecule has 4 rings (SSSR count). The Balaban J connectivity index is 1.70. The molecule has 8 nitrogen and oxygen atoms in total. The summed E-state index contributed by atoms with van der Waals surface area (Å²) >= 11 is 5.89. The van der Waals surface area contributed by atoms with Gasteiger partial charge >= 0.3 is 0 Å². The molecule has 33 heavy (non-hydrogen) atoms. The topological polar surface area (TPSA) is 99.6 Å². The van der Waals surface area contributed by atoms with Gasteiger partial charge in [-0.3, -0.25) is 0 Å². The summed E-state index contributed by atoms with van der Waals surface area (Å²) in [4.78, 5) is 8.60. The maximum Gasteiger partial charge on any atom is 0.267 e. The van der Waals surface area contributed by atoms with E-state index in [1.165, 1.54) is 18.5 Å². The Morgan fingerprint density at radius 3 is 2.67 bits per heavy atom. The average Bonchev–Trinajstić information content (AvgIpc) is 3.58. The molecule has 1 fully saturated rings. The number of halogens is 2. The summed E-state index contributed by atoms with van der Waals surface area (Å²) in [5.41, 5.74) is 1.08. The molecule has 3 aromatic rings. The third-order valence-corrected chi connectivity index (χ3v) is 5.78. The number of nitrogens with one attached hydrogen (secondary N) is 1. The predicted molar refractivity (Wildman–Crippen MR) is 123 cm³/mol. The normalized spacial score (nSPS) is 14.8. The van der Waals surface area contributed by atoms with Crippen molar-refractivity contribution in [2.45, 2.75) is 32.5 Å². The van der Waals surface area contributed by atoms with Gasteiger partial charge in [0.05, 0.1) is 23.4 Å². The second-order valence-electron chi connectivity index (χ2n) is 7.80. The van der Waals surface area contributed by atoms with Crippen LogP contribution in [-0.4, -0.2) is 37.5 Å². The van der Waals surface area contributed by atoms with E-state index in [-0.39, 0.29) is 5.02 Å². The molecule has 0 amide bonds. The zero-order chi connectivity index (χ0) is 23.6. The molecule has 11 heteroatoms. The number of nitrogens with zero attached hydrogens (tertiary/aromatic N) is 2. The molecule has 0 saturated heterocycles. The molecule has 0 bridgehead atoms. The molecule has 1 aliphatic carbocycles. The van der Waals surface area contributed by atoms with Crippen LogP contribution in [-0.2, 0) is 14.3 Å². The number of hydrogen-bond acceptors (Lipinski definition) is 8. The first kappa shape index (κ1) is 23.5. The van der Waals surface area contributed by atoms with Crippen molar-refractivity contribution in [2.24, 2.45) is 5.92 Å². The minimum atomic E-state index is -3.71. The van der Waals surface area contributed by atoms with Crippen LogP contribution in [0.1, 0.15) is 26.2 Å². The zero-order valence-corrected chi connectivity index (χ0v) is 19.6. The average molecular weight is 496 g/mol. The molecule has 1 atom stereocenters. The van der Waals surface area contributed by atoms with Crippen LogP contribution >= 0.6 is 11.6 Å². The minimum absolute atomic E-state index is 0.0148. The van der Waals surface area contributed by atoms with Crippen LogP contribution < -0.4 is 14.8 Å². The third-order valence-electron chi connectivity index (χ3n) is 4.93. The lowest BCUT2D eigenvalue weighted by Gasteiger charge is -2.20. The number of rotatable bonds is 10. The Morgan fingerprint density at radius 1 is 1.21 bits per heavy atom. The Kier molecular flexibility index (Phi) is 6.87. The summed E-state index contributed by atoms with van der Waals surface area (Å²) in [5, 5.41) is 3.74. The highest BCUT2D eigenvalue weighted by atomic mass is 35.5. The van der Waals surface area contributed by atoms with Gasteiger partial charge in [0.15, 0.2) is 11.5 Å². The molecular weight excluding hydrogens is 473 g/mol. The smallest absolute Gasteiger partial charge is 0.267 e. The van der Waals surface area contributed by atoms with E-state index in [2.05, 4.69) is 15.3 Å². The van der Waals surface area contributed by atoms with Crippen molar-refractivity contribution in [1.82, 2.24) is 9.97 Å². The van der Waals surface area contributed by atoms with Crippen LogP contribution in [0.5, 0.6) is 11.5 Å². The van der Waals surface area contributed by atoms with Crippen LogP contribution in [0.15, 0.2) is 36.7 Å². The summed E-state index contributed by atoms with van der Waals surface area (Å²) in [7, 11) is -3.71. The number of anilines is 2. The van der Waals surface area contributed by atoms with Gasteiger partial charge in [0.1, 0.15) is 18.0 Å². The lowest BCUT2D eigenvalue weighted by Crippen LogP contribution is -2.23. The van der Waals surface area contributed by atoms with Crippen LogP contribution in [0.25, 0.3) is 10.9 Å². The van der Waals surface area contributed by atoms with E-state index in [0.717, 1.165) is 19.1 Å². The molecule has 2 aromatic carbocycles. The molecule has 0 aliphatic heterocycles. The molecule has 1 N–H and O–H groups in total. The SMILES string of the molecule is CCC(Oc1cc2ncnc(Nc3ccc(F)c(Cl)c3)c2cc1OCC1CC1)OS(C)(=O)=O. The van der Waals surface area contributed by atoms with Gasteiger partial charge in [-0.15, -0.1) is 0 Å². The number of aromatic nitrogens is 2. The largest absolute Gasteiger partial charge is 0.489 e. The monoisotopic (exact) mass is 495 g/mol. The van der Waals surface area contributed by atoms with Crippen LogP contribution in [0.4, 0.5) is 15.9 Å². The van der Waals surface area contributed by atoms with Gasteiger partial charge < -0.3 is 14.8 Å². The first-order valence-electron chi connectivity index (χ1n) is 10.4. The van der Waals surface area contributed by atoms with Crippen molar-refractivity contribution in [3.8, 4) is 11.5 Å². The number of benzene rings is 2. The Hall–Kier alpha value is -2.69. The highest BCUT2D eigenvalue weighted by molar-refractivity contribution is 7.86. The maximum absolute atomic E-state index is 13.5. The van der Waals surface area contributed by atoms with Gasteiger partial charge in [-0.1, -0.05) is 18.5 Å². The summed E-state index contributed by atoms with van der Waals surface area (Å²) in [6, 6.07) is 7.65. The van der Waals surface area contributed by atoms with Gasteiger partial charge in [0.2, 0.25) is 6.29 Å². The molecule has 0 spiro atoms. The van der Waals surface area contributed by atoms with E-state index in [0.29, 0.717) is 52.9 Å². The fraction of sp³-hybridized carbons (Fsp3) is 0.364. The van der Waals surface area contributed by atoms with Crippen molar-refractivity contribution >= 4 is 44.1 Å². The van der Waals surface area contributed by atoms with E-state index in [9.17, 15) is 12.8 Å². The van der Waals surface area contributed by atoms with Crippen molar-refractivity contribution in [2.75, 3.05) is 18.2 Å². The van der Waals surface area contributed by atoms with E-state index >= 15 is 0 Å². The van der Waals surface area contributed by atoms with Crippen molar-refractivity contribution in [1.29, 1.82) is 0 Å². The number of fused-ring (bicyclic) bond motifs is 1. The fourth-order valence-corrected chi connectivity index (χ4v) is 3.82. The lowest BCUT2D eigenvalue weighted by molar-refractivity contribution is 0.00741. The van der Waals surface area contributed by atoms with E-state index in [1.807, 2.05) is 0 Å². The second-order valence-corrected chi connectivity index (χ2v) is 9.81. The highest BCUT2D eigenvalue weighted by Gasteiger charge is 2.24. The Labute approximate surface area is 196 Å². The predicted octanol–water partition coefficient (Wildman–Crippen LogP) is 5.05. The standard InChI is InChI=1S/C22H23ClFN3O5S/c1-3-21(32-33(2,28)29)31-20-10-18-15(9-19(20)30-11-13-4-5-13)22(26-12-25-18)27-14-6-7-17(24)16(23)8-14/h6-10,12-13,21H,3-5,11H2,1-2H3,(H,25,26,27). The molecule has 1 aliphatic rings. The lowest BCUT2D eigenvalue weighted by atomic mass is 10.2. The van der Waals surface area contributed by atoms with E-state index in [1.54, 1.807) is 25.1 Å².